The van der Waals surface area contributed by atoms with Crippen LogP contribution in [0.15, 0.2) is 29.3 Å². The fourth-order valence-corrected chi connectivity index (χ4v) is 1.63. The molecule has 0 radical (unpaired) electrons. The Morgan fingerprint density at radius 1 is 1.25 bits per heavy atom. The standard InChI is InChI=1S/C13H20N2O/c1-14-13(15(2)3)12-7-5-11(6-8-12)9-10-16-4/h5-8H,9-10H2,1-4H3. The van der Waals surface area contributed by atoms with E-state index in [4.69, 9.17) is 4.74 Å². The van der Waals surface area contributed by atoms with Gasteiger partial charge in [-0.05, 0) is 12.0 Å². The SMILES string of the molecule is CN=C(c1ccc(CCOC)cc1)N(C)C. The van der Waals surface area contributed by atoms with Crippen molar-refractivity contribution in [2.75, 3.05) is 34.9 Å². The van der Waals surface area contributed by atoms with Gasteiger partial charge in [0.05, 0.1) is 6.61 Å². The lowest BCUT2D eigenvalue weighted by atomic mass is 10.1. The van der Waals surface area contributed by atoms with Crippen molar-refractivity contribution in [3.05, 3.63) is 35.4 Å². The molecule has 1 aromatic carbocycles. The Kier molecular flexibility index (Phi) is 4.99. The zero-order valence-corrected chi connectivity index (χ0v) is 10.5. The van der Waals surface area contributed by atoms with Crippen molar-refractivity contribution < 1.29 is 4.74 Å². The highest BCUT2D eigenvalue weighted by atomic mass is 16.5. The van der Waals surface area contributed by atoms with Crippen LogP contribution in [0.2, 0.25) is 0 Å². The molecule has 0 aliphatic heterocycles. The van der Waals surface area contributed by atoms with Crippen molar-refractivity contribution in [2.24, 2.45) is 4.99 Å². The van der Waals surface area contributed by atoms with Crippen LogP contribution in [0.5, 0.6) is 0 Å². The summed E-state index contributed by atoms with van der Waals surface area (Å²) in [5.41, 5.74) is 2.44. The summed E-state index contributed by atoms with van der Waals surface area (Å²) in [5, 5.41) is 0. The first-order valence-electron chi connectivity index (χ1n) is 5.41. The Labute approximate surface area is 97.8 Å². The number of nitrogens with zero attached hydrogens (tertiary/aromatic N) is 2. The molecule has 0 atom stereocenters. The summed E-state index contributed by atoms with van der Waals surface area (Å²) in [6, 6.07) is 8.46. The smallest absolute Gasteiger partial charge is 0.130 e. The van der Waals surface area contributed by atoms with Crippen molar-refractivity contribution in [3.63, 3.8) is 0 Å². The molecule has 88 valence electrons. The summed E-state index contributed by atoms with van der Waals surface area (Å²) in [6.07, 6.45) is 0.956. The van der Waals surface area contributed by atoms with Crippen LogP contribution in [-0.2, 0) is 11.2 Å². The van der Waals surface area contributed by atoms with Crippen molar-refractivity contribution in [1.29, 1.82) is 0 Å². The van der Waals surface area contributed by atoms with Gasteiger partial charge in [0.1, 0.15) is 5.84 Å². The molecular weight excluding hydrogens is 200 g/mol. The monoisotopic (exact) mass is 220 g/mol. The second-order valence-electron chi connectivity index (χ2n) is 3.88. The van der Waals surface area contributed by atoms with Gasteiger partial charge in [-0.1, -0.05) is 24.3 Å². The molecule has 0 aromatic heterocycles. The van der Waals surface area contributed by atoms with Crippen LogP contribution in [-0.4, -0.2) is 45.6 Å². The van der Waals surface area contributed by atoms with Gasteiger partial charge in [0.2, 0.25) is 0 Å². The Morgan fingerprint density at radius 3 is 2.31 bits per heavy atom. The van der Waals surface area contributed by atoms with E-state index >= 15 is 0 Å². The van der Waals surface area contributed by atoms with E-state index in [1.165, 1.54) is 5.56 Å². The van der Waals surface area contributed by atoms with Gasteiger partial charge in [-0.25, -0.2) is 0 Å². The first kappa shape index (κ1) is 12.7. The third-order valence-corrected chi connectivity index (χ3v) is 2.44. The van der Waals surface area contributed by atoms with E-state index in [1.54, 1.807) is 7.11 Å². The predicted octanol–water partition coefficient (Wildman–Crippen LogP) is 1.81. The Balaban J connectivity index is 2.78. The van der Waals surface area contributed by atoms with Crippen LogP contribution in [0.3, 0.4) is 0 Å². The van der Waals surface area contributed by atoms with Crippen LogP contribution >= 0.6 is 0 Å². The third-order valence-electron chi connectivity index (χ3n) is 2.44. The lowest BCUT2D eigenvalue weighted by Gasteiger charge is -2.15. The quantitative estimate of drug-likeness (QED) is 0.571. The molecule has 0 N–H and O–H groups in total. The maximum absolute atomic E-state index is 5.05. The van der Waals surface area contributed by atoms with Gasteiger partial charge < -0.3 is 9.64 Å². The van der Waals surface area contributed by atoms with E-state index in [0.29, 0.717) is 0 Å². The van der Waals surface area contributed by atoms with Gasteiger partial charge in [-0.2, -0.15) is 0 Å². The minimum atomic E-state index is 0.766. The van der Waals surface area contributed by atoms with Gasteiger partial charge in [-0.15, -0.1) is 0 Å². The number of aliphatic imine (C=N–C) groups is 1. The first-order valence-corrected chi connectivity index (χ1v) is 5.41. The number of rotatable bonds is 4. The second kappa shape index (κ2) is 6.28. The van der Waals surface area contributed by atoms with Gasteiger partial charge in [0.15, 0.2) is 0 Å². The number of hydrogen-bond acceptors (Lipinski definition) is 2. The molecule has 0 unspecified atom stereocenters. The van der Waals surface area contributed by atoms with Crippen molar-refractivity contribution in [1.82, 2.24) is 4.90 Å². The number of amidine groups is 1. The summed E-state index contributed by atoms with van der Waals surface area (Å²) >= 11 is 0. The molecule has 0 heterocycles. The molecule has 0 bridgehead atoms. The minimum Gasteiger partial charge on any atom is -0.384 e. The molecule has 0 saturated carbocycles. The molecule has 0 aliphatic rings. The molecule has 0 fully saturated rings. The van der Waals surface area contributed by atoms with Crippen LogP contribution in [0.4, 0.5) is 0 Å². The molecule has 0 spiro atoms. The minimum absolute atomic E-state index is 0.766. The van der Waals surface area contributed by atoms with E-state index in [1.807, 2.05) is 26.0 Å². The summed E-state index contributed by atoms with van der Waals surface area (Å²) in [5.74, 6) is 0.998. The fourth-order valence-electron chi connectivity index (χ4n) is 1.63. The Morgan fingerprint density at radius 2 is 1.88 bits per heavy atom. The molecule has 1 rings (SSSR count). The van der Waals surface area contributed by atoms with E-state index in [2.05, 4.69) is 29.3 Å². The lowest BCUT2D eigenvalue weighted by molar-refractivity contribution is 0.202. The van der Waals surface area contributed by atoms with Crippen molar-refractivity contribution in [2.45, 2.75) is 6.42 Å². The molecule has 0 saturated heterocycles. The zero-order chi connectivity index (χ0) is 12.0. The maximum Gasteiger partial charge on any atom is 0.130 e. The van der Waals surface area contributed by atoms with Crippen molar-refractivity contribution in [3.8, 4) is 0 Å². The average Bonchev–Trinajstić information content (AvgIpc) is 2.28. The van der Waals surface area contributed by atoms with Crippen LogP contribution < -0.4 is 0 Å². The number of benzene rings is 1. The lowest BCUT2D eigenvalue weighted by Crippen LogP contribution is -2.22. The van der Waals surface area contributed by atoms with Gasteiger partial charge in [-0.3, -0.25) is 4.99 Å². The van der Waals surface area contributed by atoms with E-state index < -0.39 is 0 Å². The first-order chi connectivity index (χ1) is 7.69. The molecule has 3 heteroatoms. The Bertz CT molecular complexity index is 341. The Hall–Kier alpha value is -1.35. The summed E-state index contributed by atoms with van der Waals surface area (Å²) in [7, 11) is 7.54. The largest absolute Gasteiger partial charge is 0.384 e. The number of ether oxygens (including phenoxy) is 1. The summed E-state index contributed by atoms with van der Waals surface area (Å²) in [4.78, 5) is 6.29. The zero-order valence-electron chi connectivity index (χ0n) is 10.5. The topological polar surface area (TPSA) is 24.8 Å². The second-order valence-corrected chi connectivity index (χ2v) is 3.88. The predicted molar refractivity (Wildman–Crippen MR) is 68.2 cm³/mol. The summed E-state index contributed by atoms with van der Waals surface area (Å²) in [6.45, 7) is 0.766. The molecule has 3 nitrogen and oxygen atoms in total. The van der Waals surface area contributed by atoms with Gasteiger partial charge >= 0.3 is 0 Å². The van der Waals surface area contributed by atoms with E-state index in [-0.39, 0.29) is 0 Å². The van der Waals surface area contributed by atoms with Crippen LogP contribution in [0.1, 0.15) is 11.1 Å². The fraction of sp³-hybridized carbons (Fsp3) is 0.462. The normalized spacial score (nSPS) is 11.6. The van der Waals surface area contributed by atoms with Gasteiger partial charge in [0.25, 0.3) is 0 Å². The van der Waals surface area contributed by atoms with E-state index in [0.717, 1.165) is 24.4 Å². The molecule has 1 aromatic rings. The summed E-state index contributed by atoms with van der Waals surface area (Å²) < 4.78 is 5.05. The highest BCUT2D eigenvalue weighted by molar-refractivity contribution is 5.98. The van der Waals surface area contributed by atoms with Crippen LogP contribution in [0.25, 0.3) is 0 Å². The molecule has 0 amide bonds. The highest BCUT2D eigenvalue weighted by Gasteiger charge is 2.04. The molecular formula is C13H20N2O. The average molecular weight is 220 g/mol. The molecule has 0 aliphatic carbocycles. The maximum atomic E-state index is 5.05. The number of methoxy groups -OCH3 is 1. The van der Waals surface area contributed by atoms with E-state index in [9.17, 15) is 0 Å². The van der Waals surface area contributed by atoms with Crippen molar-refractivity contribution >= 4 is 5.84 Å². The number of hydrogen-bond donors (Lipinski definition) is 0. The third kappa shape index (κ3) is 3.35. The van der Waals surface area contributed by atoms with Crippen LogP contribution in [0, 0.1) is 0 Å². The van der Waals surface area contributed by atoms with Gasteiger partial charge in [0, 0.05) is 33.8 Å². The molecule has 16 heavy (non-hydrogen) atoms. The highest BCUT2D eigenvalue weighted by Crippen LogP contribution is 2.07.